The molecule has 4 nitrogen and oxygen atoms in total. The lowest BCUT2D eigenvalue weighted by molar-refractivity contribution is 0.282. The minimum absolute atomic E-state index is 0.0132. The first kappa shape index (κ1) is 7.94. The largest absolute Gasteiger partial charge is 0.392 e. The van der Waals surface area contributed by atoms with E-state index in [1.54, 1.807) is 18.6 Å². The summed E-state index contributed by atoms with van der Waals surface area (Å²) in [6.07, 6.45) is 5.05. The van der Waals surface area contributed by atoms with Crippen molar-refractivity contribution in [2.24, 2.45) is 0 Å². The van der Waals surface area contributed by atoms with Crippen molar-refractivity contribution in [3.05, 3.63) is 36.3 Å². The van der Waals surface area contributed by atoms with Crippen LogP contribution in [0.2, 0.25) is 0 Å². The highest BCUT2D eigenvalue weighted by Crippen LogP contribution is 2.19. The number of rotatable bonds is 2. The van der Waals surface area contributed by atoms with Crippen LogP contribution >= 0.6 is 0 Å². The second-order valence-corrected chi connectivity index (χ2v) is 2.67. The summed E-state index contributed by atoms with van der Waals surface area (Å²) in [7, 11) is 0. The summed E-state index contributed by atoms with van der Waals surface area (Å²) in [5, 5.41) is 15.7. The third-order valence-electron chi connectivity index (χ3n) is 1.84. The van der Waals surface area contributed by atoms with Crippen LogP contribution in [0.25, 0.3) is 11.3 Å². The Hall–Kier alpha value is -1.68. The second-order valence-electron chi connectivity index (χ2n) is 2.67. The van der Waals surface area contributed by atoms with E-state index in [0.717, 1.165) is 16.8 Å². The maximum atomic E-state index is 8.99. The molecule has 0 spiro atoms. The fraction of sp³-hybridized carbons (Fsp3) is 0.111. The molecule has 0 atom stereocenters. The molecule has 2 aromatic heterocycles. The van der Waals surface area contributed by atoms with Gasteiger partial charge in [-0.05, 0) is 12.1 Å². The minimum atomic E-state index is -0.0132. The van der Waals surface area contributed by atoms with Crippen LogP contribution in [0, 0.1) is 0 Å². The average molecular weight is 175 g/mol. The van der Waals surface area contributed by atoms with Crippen LogP contribution in [0.1, 0.15) is 5.56 Å². The average Bonchev–Trinajstić information content (AvgIpc) is 2.67. The van der Waals surface area contributed by atoms with Gasteiger partial charge >= 0.3 is 0 Å². The van der Waals surface area contributed by atoms with Crippen molar-refractivity contribution in [1.29, 1.82) is 0 Å². The van der Waals surface area contributed by atoms with Crippen molar-refractivity contribution in [3.8, 4) is 11.3 Å². The Kier molecular flexibility index (Phi) is 2.06. The van der Waals surface area contributed by atoms with E-state index in [-0.39, 0.29) is 6.61 Å². The first-order chi connectivity index (χ1) is 6.42. The number of aromatic amines is 1. The van der Waals surface area contributed by atoms with Crippen LogP contribution < -0.4 is 0 Å². The van der Waals surface area contributed by atoms with E-state index in [4.69, 9.17) is 5.11 Å². The van der Waals surface area contributed by atoms with Crippen LogP contribution in [-0.4, -0.2) is 20.3 Å². The predicted molar refractivity (Wildman–Crippen MR) is 47.7 cm³/mol. The summed E-state index contributed by atoms with van der Waals surface area (Å²) in [4.78, 5) is 3.99. The molecule has 13 heavy (non-hydrogen) atoms. The van der Waals surface area contributed by atoms with E-state index in [0.29, 0.717) is 0 Å². The Balaban J connectivity index is 2.47. The van der Waals surface area contributed by atoms with E-state index >= 15 is 0 Å². The highest BCUT2D eigenvalue weighted by atomic mass is 16.3. The molecule has 0 aliphatic rings. The third-order valence-corrected chi connectivity index (χ3v) is 1.84. The van der Waals surface area contributed by atoms with Gasteiger partial charge in [-0.1, -0.05) is 0 Å². The Morgan fingerprint density at radius 1 is 1.38 bits per heavy atom. The number of nitrogens with one attached hydrogen (secondary N) is 1. The second kappa shape index (κ2) is 3.37. The summed E-state index contributed by atoms with van der Waals surface area (Å²) in [6, 6.07) is 3.76. The van der Waals surface area contributed by atoms with Crippen molar-refractivity contribution in [1.82, 2.24) is 15.2 Å². The standard InChI is InChI=1S/C9H9N3O/c13-6-8-5-11-12-9(8)7-2-1-3-10-4-7/h1-5,13H,6H2,(H,11,12). The molecule has 0 unspecified atom stereocenters. The van der Waals surface area contributed by atoms with Crippen molar-refractivity contribution in [2.75, 3.05) is 0 Å². The highest BCUT2D eigenvalue weighted by molar-refractivity contribution is 5.60. The summed E-state index contributed by atoms with van der Waals surface area (Å²) in [5.74, 6) is 0. The number of hydrogen-bond acceptors (Lipinski definition) is 3. The molecule has 0 bridgehead atoms. The highest BCUT2D eigenvalue weighted by Gasteiger charge is 2.05. The quantitative estimate of drug-likeness (QED) is 0.714. The zero-order valence-corrected chi connectivity index (χ0v) is 6.94. The molecule has 2 aromatic rings. The smallest absolute Gasteiger partial charge is 0.0720 e. The summed E-state index contributed by atoms with van der Waals surface area (Å²) in [5.41, 5.74) is 2.55. The predicted octanol–water partition coefficient (Wildman–Crippen LogP) is 0.964. The van der Waals surface area contributed by atoms with Crippen molar-refractivity contribution in [2.45, 2.75) is 6.61 Å². The lowest BCUT2D eigenvalue weighted by atomic mass is 10.1. The Bertz CT molecular complexity index is 383. The van der Waals surface area contributed by atoms with Gasteiger partial charge < -0.3 is 5.11 Å². The van der Waals surface area contributed by atoms with Crippen LogP contribution in [-0.2, 0) is 6.61 Å². The van der Waals surface area contributed by atoms with Gasteiger partial charge in [0.15, 0.2) is 0 Å². The normalized spacial score (nSPS) is 10.2. The monoisotopic (exact) mass is 175 g/mol. The molecule has 0 saturated heterocycles. The van der Waals surface area contributed by atoms with E-state index < -0.39 is 0 Å². The van der Waals surface area contributed by atoms with Crippen molar-refractivity contribution >= 4 is 0 Å². The number of nitrogens with zero attached hydrogens (tertiary/aromatic N) is 2. The number of aromatic nitrogens is 3. The van der Waals surface area contributed by atoms with Crippen LogP contribution in [0.5, 0.6) is 0 Å². The van der Waals surface area contributed by atoms with E-state index in [1.165, 1.54) is 0 Å². The van der Waals surface area contributed by atoms with Crippen molar-refractivity contribution in [3.63, 3.8) is 0 Å². The van der Waals surface area contributed by atoms with Crippen LogP contribution in [0.15, 0.2) is 30.7 Å². The van der Waals surface area contributed by atoms with E-state index in [2.05, 4.69) is 15.2 Å². The molecule has 0 aliphatic heterocycles. The molecular weight excluding hydrogens is 166 g/mol. The third kappa shape index (κ3) is 1.43. The molecule has 0 saturated carbocycles. The zero-order valence-electron chi connectivity index (χ0n) is 6.94. The minimum Gasteiger partial charge on any atom is -0.392 e. The molecule has 0 fully saturated rings. The summed E-state index contributed by atoms with van der Waals surface area (Å²) in [6.45, 7) is -0.0132. The number of aliphatic hydroxyl groups excluding tert-OH is 1. The van der Waals surface area contributed by atoms with Gasteiger partial charge in [-0.25, -0.2) is 0 Å². The fourth-order valence-electron chi connectivity index (χ4n) is 1.19. The number of hydrogen-bond donors (Lipinski definition) is 2. The zero-order chi connectivity index (χ0) is 9.10. The van der Waals surface area contributed by atoms with Gasteiger partial charge in [0.1, 0.15) is 0 Å². The topological polar surface area (TPSA) is 61.8 Å². The summed E-state index contributed by atoms with van der Waals surface area (Å²) >= 11 is 0. The lowest BCUT2D eigenvalue weighted by Crippen LogP contribution is -1.86. The SMILES string of the molecule is OCc1cn[nH]c1-c1cccnc1. The maximum absolute atomic E-state index is 8.99. The number of H-pyrrole nitrogens is 1. The van der Waals surface area contributed by atoms with E-state index in [1.807, 2.05) is 12.1 Å². The molecule has 4 heteroatoms. The van der Waals surface area contributed by atoms with Gasteiger partial charge in [0, 0.05) is 23.5 Å². The Labute approximate surface area is 75.3 Å². The van der Waals surface area contributed by atoms with Gasteiger partial charge in [0.05, 0.1) is 18.5 Å². The van der Waals surface area contributed by atoms with Gasteiger partial charge in [0.25, 0.3) is 0 Å². The first-order valence-corrected chi connectivity index (χ1v) is 3.95. The van der Waals surface area contributed by atoms with Crippen molar-refractivity contribution < 1.29 is 5.11 Å². The van der Waals surface area contributed by atoms with Gasteiger partial charge in [-0.2, -0.15) is 5.10 Å². The Morgan fingerprint density at radius 3 is 3.00 bits per heavy atom. The molecule has 0 amide bonds. The fourth-order valence-corrected chi connectivity index (χ4v) is 1.19. The van der Waals surface area contributed by atoms with Gasteiger partial charge in [-0.15, -0.1) is 0 Å². The molecule has 0 aromatic carbocycles. The maximum Gasteiger partial charge on any atom is 0.0720 e. The molecular formula is C9H9N3O. The van der Waals surface area contributed by atoms with Gasteiger partial charge in [0.2, 0.25) is 0 Å². The molecule has 2 rings (SSSR count). The Morgan fingerprint density at radius 2 is 2.31 bits per heavy atom. The van der Waals surface area contributed by atoms with Gasteiger partial charge in [-0.3, -0.25) is 10.1 Å². The molecule has 0 radical (unpaired) electrons. The molecule has 2 N–H and O–H groups in total. The number of aliphatic hydroxyl groups is 1. The molecule has 0 aliphatic carbocycles. The molecule has 2 heterocycles. The summed E-state index contributed by atoms with van der Waals surface area (Å²) < 4.78 is 0. The first-order valence-electron chi connectivity index (χ1n) is 3.95. The van der Waals surface area contributed by atoms with Crippen LogP contribution in [0.3, 0.4) is 0 Å². The molecule has 66 valence electrons. The van der Waals surface area contributed by atoms with E-state index in [9.17, 15) is 0 Å². The lowest BCUT2D eigenvalue weighted by Gasteiger charge is -1.98. The van der Waals surface area contributed by atoms with Crippen LogP contribution in [0.4, 0.5) is 0 Å². The number of pyridine rings is 1.